The third-order valence-electron chi connectivity index (χ3n) is 4.97. The Balaban J connectivity index is 0.000000989. The molecule has 1 fully saturated rings. The third-order valence-corrected chi connectivity index (χ3v) is 4.97. The molecule has 3 rings (SSSR count). The maximum atomic E-state index is 13.0. The number of hydrogen-bond donors (Lipinski definition) is 1. The largest absolute Gasteiger partial charge is 0.416 e. The number of hydrogen-bond acceptors (Lipinski definition) is 4. The Morgan fingerprint density at radius 1 is 1.21 bits per heavy atom. The topological polar surface area (TPSA) is 89.5 Å². The highest BCUT2D eigenvalue weighted by atomic mass is 19.4. The molecule has 0 bridgehead atoms. The van der Waals surface area contributed by atoms with Crippen LogP contribution < -0.4 is 5.73 Å². The molecule has 1 aromatic carbocycles. The average Bonchev–Trinajstić information content (AvgIpc) is 3.14. The number of rotatable bonds is 2. The van der Waals surface area contributed by atoms with Crippen molar-refractivity contribution in [3.63, 3.8) is 0 Å². The zero-order valence-electron chi connectivity index (χ0n) is 17.4. The summed E-state index contributed by atoms with van der Waals surface area (Å²) in [5, 5.41) is 11.2. The van der Waals surface area contributed by atoms with Gasteiger partial charge in [-0.05, 0) is 37.3 Å². The zero-order chi connectivity index (χ0) is 22.4. The van der Waals surface area contributed by atoms with Gasteiger partial charge in [0.25, 0.3) is 5.69 Å². The second-order valence-corrected chi connectivity index (χ2v) is 6.67. The van der Waals surface area contributed by atoms with Gasteiger partial charge in [-0.15, -0.1) is 0 Å². The molecular weight excluding hydrogens is 387 g/mol. The minimum Gasteiger partial charge on any atom is -0.338 e. The maximum absolute atomic E-state index is 13.0. The van der Waals surface area contributed by atoms with Crippen molar-refractivity contribution in [2.75, 3.05) is 6.54 Å². The number of amides is 1. The van der Waals surface area contributed by atoms with Gasteiger partial charge < -0.3 is 10.6 Å². The molecule has 9 heteroatoms. The molecule has 1 aliphatic carbocycles. The summed E-state index contributed by atoms with van der Waals surface area (Å²) in [6, 6.07) is 1.47. The van der Waals surface area contributed by atoms with E-state index in [4.69, 9.17) is 5.73 Å². The highest BCUT2D eigenvalue weighted by Gasteiger charge is 2.37. The van der Waals surface area contributed by atoms with E-state index in [2.05, 4.69) is 0 Å². The maximum Gasteiger partial charge on any atom is 0.416 e. The summed E-state index contributed by atoms with van der Waals surface area (Å²) in [6.45, 7) is 8.23. The summed E-state index contributed by atoms with van der Waals surface area (Å²) in [7, 11) is 0. The average molecular weight is 417 g/mol. The number of carbonyl (C=O) groups excluding carboxylic acids is 1. The Morgan fingerprint density at radius 2 is 1.83 bits per heavy atom. The Labute approximate surface area is 169 Å². The number of nitro groups is 1. The Bertz CT molecular complexity index is 723. The highest BCUT2D eigenvalue weighted by Crippen LogP contribution is 2.37. The molecule has 2 aliphatic rings. The lowest BCUT2D eigenvalue weighted by atomic mass is 9.94. The predicted octanol–water partition coefficient (Wildman–Crippen LogP) is 4.68. The second-order valence-electron chi connectivity index (χ2n) is 6.67. The van der Waals surface area contributed by atoms with Gasteiger partial charge in [0.1, 0.15) is 0 Å². The fraction of sp³-hybridized carbons (Fsp3) is 0.650. The SMILES string of the molecule is CC.CC.NC1CCC(C(=O)N2CCc3c(cc(C(F)(F)F)cc3[N+](=O)[O-])C2)C1. The molecule has 0 radical (unpaired) electrons. The quantitative estimate of drug-likeness (QED) is 0.559. The molecule has 2 atom stereocenters. The van der Waals surface area contributed by atoms with E-state index < -0.39 is 22.4 Å². The molecule has 2 unspecified atom stereocenters. The number of alkyl halides is 3. The first-order valence-corrected chi connectivity index (χ1v) is 10.1. The van der Waals surface area contributed by atoms with Crippen molar-refractivity contribution in [2.45, 2.75) is 72.1 Å². The summed E-state index contributed by atoms with van der Waals surface area (Å²) in [6.07, 6.45) is -2.50. The van der Waals surface area contributed by atoms with E-state index >= 15 is 0 Å². The lowest BCUT2D eigenvalue weighted by Gasteiger charge is -2.31. The van der Waals surface area contributed by atoms with Crippen LogP contribution in [-0.2, 0) is 23.9 Å². The number of benzene rings is 1. The van der Waals surface area contributed by atoms with Gasteiger partial charge in [-0.25, -0.2) is 0 Å². The van der Waals surface area contributed by atoms with Crippen LogP contribution in [0.15, 0.2) is 12.1 Å². The van der Waals surface area contributed by atoms with E-state index in [1.54, 1.807) is 0 Å². The monoisotopic (exact) mass is 417 g/mol. The normalized spacial score (nSPS) is 20.6. The predicted molar refractivity (Wildman–Crippen MR) is 105 cm³/mol. The second kappa shape index (κ2) is 10.6. The van der Waals surface area contributed by atoms with Crippen LogP contribution in [0.2, 0.25) is 0 Å². The van der Waals surface area contributed by atoms with Gasteiger partial charge in [-0.1, -0.05) is 27.7 Å². The molecule has 1 saturated carbocycles. The van der Waals surface area contributed by atoms with Gasteiger partial charge in [0.2, 0.25) is 5.91 Å². The van der Waals surface area contributed by atoms with Crippen molar-refractivity contribution in [2.24, 2.45) is 11.7 Å². The summed E-state index contributed by atoms with van der Waals surface area (Å²) in [5.74, 6) is -0.337. The van der Waals surface area contributed by atoms with Crippen LogP contribution in [0.25, 0.3) is 0 Å². The van der Waals surface area contributed by atoms with E-state index in [1.807, 2.05) is 27.7 Å². The fourth-order valence-electron chi connectivity index (χ4n) is 3.69. The first kappa shape index (κ1) is 24.9. The smallest absolute Gasteiger partial charge is 0.338 e. The van der Waals surface area contributed by atoms with Crippen LogP contribution in [0.5, 0.6) is 0 Å². The van der Waals surface area contributed by atoms with Gasteiger partial charge in [0.05, 0.1) is 10.5 Å². The first-order chi connectivity index (χ1) is 13.7. The molecule has 0 saturated heterocycles. The summed E-state index contributed by atoms with van der Waals surface area (Å²) >= 11 is 0. The highest BCUT2D eigenvalue weighted by molar-refractivity contribution is 5.79. The van der Waals surface area contributed by atoms with E-state index in [9.17, 15) is 28.1 Å². The van der Waals surface area contributed by atoms with Crippen molar-refractivity contribution in [1.82, 2.24) is 4.90 Å². The minimum absolute atomic E-state index is 0.0241. The molecule has 29 heavy (non-hydrogen) atoms. The number of fused-ring (bicyclic) bond motifs is 1. The van der Waals surface area contributed by atoms with Crippen molar-refractivity contribution in [3.8, 4) is 0 Å². The lowest BCUT2D eigenvalue weighted by Crippen LogP contribution is -2.39. The zero-order valence-corrected chi connectivity index (χ0v) is 17.4. The van der Waals surface area contributed by atoms with Gasteiger partial charge in [0.15, 0.2) is 0 Å². The Kier molecular flexibility index (Phi) is 9.07. The van der Waals surface area contributed by atoms with Crippen molar-refractivity contribution in [1.29, 1.82) is 0 Å². The van der Waals surface area contributed by atoms with E-state index in [-0.39, 0.29) is 48.5 Å². The van der Waals surface area contributed by atoms with Crippen LogP contribution in [0.3, 0.4) is 0 Å². The van der Waals surface area contributed by atoms with Gasteiger partial charge in [0, 0.05) is 36.7 Å². The van der Waals surface area contributed by atoms with Crippen molar-refractivity contribution >= 4 is 11.6 Å². The number of halogens is 3. The third kappa shape index (κ3) is 5.91. The van der Waals surface area contributed by atoms with Crippen LogP contribution in [0, 0.1) is 16.0 Å². The number of nitrogens with zero attached hydrogens (tertiary/aromatic N) is 2. The Hall–Kier alpha value is -2.16. The minimum atomic E-state index is -4.68. The number of nitrogens with two attached hydrogens (primary N) is 1. The van der Waals surface area contributed by atoms with Crippen molar-refractivity contribution in [3.05, 3.63) is 38.9 Å². The first-order valence-electron chi connectivity index (χ1n) is 10.1. The molecule has 2 N–H and O–H groups in total. The van der Waals surface area contributed by atoms with Gasteiger partial charge in [-0.3, -0.25) is 14.9 Å². The number of carbonyl (C=O) groups is 1. The summed E-state index contributed by atoms with van der Waals surface area (Å²) in [5.41, 5.74) is 4.71. The van der Waals surface area contributed by atoms with Gasteiger partial charge >= 0.3 is 6.18 Å². The van der Waals surface area contributed by atoms with E-state index in [0.717, 1.165) is 12.5 Å². The number of nitro benzene ring substituents is 1. The molecule has 1 amide bonds. The molecular formula is C20H30F3N3O3. The van der Waals surface area contributed by atoms with E-state index in [1.165, 1.54) is 4.90 Å². The molecule has 6 nitrogen and oxygen atoms in total. The standard InChI is InChI=1S/C16H18F3N3O3.2C2H6/c17-16(18,19)11-5-10-8-21(15(23)9-1-2-12(20)6-9)4-3-13(10)14(7-11)22(24)25;2*1-2/h5,7,9,12H,1-4,6,8,20H2;2*1-2H3. The molecule has 0 spiro atoms. The van der Waals surface area contributed by atoms with Crippen LogP contribution in [-0.4, -0.2) is 28.3 Å². The van der Waals surface area contributed by atoms with Crippen LogP contribution >= 0.6 is 0 Å². The molecule has 1 aliphatic heterocycles. The van der Waals surface area contributed by atoms with Gasteiger partial charge in [-0.2, -0.15) is 13.2 Å². The molecule has 164 valence electrons. The summed E-state index contributed by atoms with van der Waals surface area (Å²) < 4.78 is 39.1. The summed E-state index contributed by atoms with van der Waals surface area (Å²) in [4.78, 5) is 24.4. The molecule has 0 aromatic heterocycles. The lowest BCUT2D eigenvalue weighted by molar-refractivity contribution is -0.385. The van der Waals surface area contributed by atoms with Crippen LogP contribution in [0.4, 0.5) is 18.9 Å². The van der Waals surface area contributed by atoms with Crippen LogP contribution in [0.1, 0.15) is 63.6 Å². The van der Waals surface area contributed by atoms with E-state index in [0.29, 0.717) is 18.9 Å². The molecule has 1 heterocycles. The van der Waals surface area contributed by atoms with Crippen molar-refractivity contribution < 1.29 is 22.9 Å². The fourth-order valence-corrected chi connectivity index (χ4v) is 3.69. The molecule has 1 aromatic rings. The Morgan fingerprint density at radius 3 is 2.31 bits per heavy atom.